The summed E-state index contributed by atoms with van der Waals surface area (Å²) in [4.78, 5) is 169. The molecular formula is C102H122F4N16O18S4. The number of hydrogen-bond donors (Lipinski definition) is 3. The number of ketones is 2. The van der Waals surface area contributed by atoms with Crippen molar-refractivity contribution in [3.8, 4) is 33.2 Å². The van der Waals surface area contributed by atoms with Gasteiger partial charge in [-0.1, -0.05) is 80.6 Å². The Kier molecular flexibility index (Phi) is 32.0. The number of benzene rings is 4. The molecule has 42 heteroatoms. The van der Waals surface area contributed by atoms with Crippen molar-refractivity contribution in [2.45, 2.75) is 286 Å². The van der Waals surface area contributed by atoms with Gasteiger partial charge >= 0.3 is 23.9 Å². The molecule has 5 saturated heterocycles. The molecule has 4 saturated carbocycles. The van der Waals surface area contributed by atoms with Crippen LogP contribution in [0, 0.1) is 34.5 Å². The van der Waals surface area contributed by atoms with Crippen molar-refractivity contribution in [3.05, 3.63) is 135 Å². The number of carbonyl (C=O) groups is 9. The second-order valence-corrected chi connectivity index (χ2v) is 47.2. The number of carbonyl (C=O) groups excluding carboxylic acids is 8. The number of aliphatic imine (C=N–C) groups is 1. The number of amides is 3. The number of sulfonamides is 2. The molecule has 20 rings (SSSR count). The summed E-state index contributed by atoms with van der Waals surface area (Å²) in [6, 6.07) is 27.4. The number of nitrogens with one attached hydrogen (secondary N) is 1. The van der Waals surface area contributed by atoms with Crippen molar-refractivity contribution in [3.63, 3.8) is 0 Å². The molecule has 144 heavy (non-hydrogen) atoms. The number of hydrogen-bond acceptors (Lipinski definition) is 29. The van der Waals surface area contributed by atoms with Gasteiger partial charge in [0.15, 0.2) is 23.0 Å². The Balaban J connectivity index is 0.000000159. The molecule has 6 aliphatic heterocycles. The largest absolute Gasteiger partial charge is 0.481 e. The highest BCUT2D eigenvalue weighted by Gasteiger charge is 2.66. The minimum atomic E-state index is -4.06. The van der Waals surface area contributed by atoms with Gasteiger partial charge in [0, 0.05) is 114 Å². The van der Waals surface area contributed by atoms with Crippen LogP contribution in [0.1, 0.15) is 228 Å². The summed E-state index contributed by atoms with van der Waals surface area (Å²) in [5, 5.41) is 15.1. The molecule has 0 bridgehead atoms. The zero-order valence-corrected chi connectivity index (χ0v) is 84.7. The molecule has 770 valence electrons. The van der Waals surface area contributed by atoms with Gasteiger partial charge in [-0.25, -0.2) is 84.2 Å². The van der Waals surface area contributed by atoms with Crippen LogP contribution >= 0.6 is 22.7 Å². The Labute approximate surface area is 839 Å². The molecular weight excluding hydrogens is 1940 g/mol. The van der Waals surface area contributed by atoms with Gasteiger partial charge < -0.3 is 38.8 Å². The third-order valence-corrected chi connectivity index (χ3v) is 32.9. The summed E-state index contributed by atoms with van der Waals surface area (Å²) >= 11 is 2.83. The zero-order chi connectivity index (χ0) is 102. The molecule has 34 nitrogen and oxygen atoms in total. The first-order chi connectivity index (χ1) is 68.4. The van der Waals surface area contributed by atoms with Crippen LogP contribution in [0.3, 0.4) is 0 Å². The highest BCUT2D eigenvalue weighted by atomic mass is 32.2. The number of alkyl halides is 4. The summed E-state index contributed by atoms with van der Waals surface area (Å²) in [6.45, 7) is 13.8. The number of para-hydroxylation sites is 6. The lowest BCUT2D eigenvalue weighted by molar-refractivity contribution is -0.159. The van der Waals surface area contributed by atoms with Gasteiger partial charge in [0.1, 0.15) is 46.1 Å². The lowest BCUT2D eigenvalue weighted by Gasteiger charge is -2.29. The molecule has 10 aliphatic rings. The number of amidine groups is 1. The molecule has 0 unspecified atom stereocenters. The van der Waals surface area contributed by atoms with Crippen LogP contribution in [0.25, 0.3) is 63.9 Å². The van der Waals surface area contributed by atoms with Crippen molar-refractivity contribution < 1.29 is 102 Å². The fraction of sp³-hybridized carbons (Fsp3) is 0.549. The molecule has 0 radical (unpaired) electrons. The van der Waals surface area contributed by atoms with E-state index in [1.165, 1.54) is 105 Å². The quantitative estimate of drug-likeness (QED) is 0.0634. The summed E-state index contributed by atoms with van der Waals surface area (Å²) in [5.74, 6) is -13.7. The fourth-order valence-corrected chi connectivity index (χ4v) is 23.9. The lowest BCUT2D eigenvalue weighted by Crippen LogP contribution is -2.46. The molecule has 10 atom stereocenters. The predicted octanol–water partition coefficient (Wildman–Crippen LogP) is 16.5. The van der Waals surface area contributed by atoms with E-state index in [2.05, 4.69) is 24.6 Å². The van der Waals surface area contributed by atoms with Crippen molar-refractivity contribution in [1.82, 2.24) is 68.4 Å². The molecule has 4 aromatic carbocycles. The number of primary sulfonamides is 1. The number of thiazole rings is 2. The number of imidazole rings is 2. The number of fused-ring (bicyclic) bond motifs is 9. The van der Waals surface area contributed by atoms with Gasteiger partial charge in [0.25, 0.3) is 0 Å². The average Bonchev–Trinajstić information content (AvgIpc) is 1.59. The minimum absolute atomic E-state index is 0.00798. The molecule has 6 aromatic heterocycles. The molecule has 10 aromatic rings. The van der Waals surface area contributed by atoms with Gasteiger partial charge in [-0.15, -0.1) is 22.7 Å². The predicted molar refractivity (Wildman–Crippen MR) is 530 cm³/mol. The van der Waals surface area contributed by atoms with E-state index in [-0.39, 0.29) is 100 Å². The first-order valence-corrected chi connectivity index (χ1v) is 54.3. The summed E-state index contributed by atoms with van der Waals surface area (Å²) in [5.41, 5.74) is -0.328. The summed E-state index contributed by atoms with van der Waals surface area (Å²) in [7, 11) is -7.19. The van der Waals surface area contributed by atoms with Crippen LogP contribution in [-0.4, -0.2) is 235 Å². The molecule has 4 N–H and O–H groups in total. The average molecular weight is 2060 g/mol. The number of aliphatic carboxylic acids is 1. The number of esters is 2. The fourth-order valence-electron chi connectivity index (χ4n) is 19.8. The third kappa shape index (κ3) is 26.6. The Morgan fingerprint density at radius 2 is 0.938 bits per heavy atom. The minimum Gasteiger partial charge on any atom is -0.481 e. The second-order valence-electron chi connectivity index (χ2n) is 41.3. The number of Topliss-reactive ketones (excluding diaryl/α,β-unsaturated/α-hetero) is 2. The van der Waals surface area contributed by atoms with Gasteiger partial charge in [-0.2, -0.15) is 0 Å². The zero-order valence-electron chi connectivity index (χ0n) is 81.4. The molecule has 0 spiro atoms. The van der Waals surface area contributed by atoms with E-state index in [4.69, 9.17) is 54.0 Å². The van der Waals surface area contributed by atoms with Crippen LogP contribution in [0.4, 0.5) is 22.4 Å². The van der Waals surface area contributed by atoms with E-state index in [0.717, 1.165) is 39.8 Å². The van der Waals surface area contributed by atoms with E-state index in [0.29, 0.717) is 82.0 Å². The van der Waals surface area contributed by atoms with Crippen molar-refractivity contribution in [2.75, 3.05) is 32.7 Å². The number of nitrogens with two attached hydrogens (primary N) is 1. The number of ether oxygens (including phenoxy) is 4. The first kappa shape index (κ1) is 105. The highest BCUT2D eigenvalue weighted by Crippen LogP contribution is 2.62. The third-order valence-electron chi connectivity index (χ3n) is 27.6. The Morgan fingerprint density at radius 3 is 1.36 bits per heavy atom. The normalized spacial score (nSPS) is 24.8. The van der Waals surface area contributed by atoms with Gasteiger partial charge in [-0.3, -0.25) is 57.2 Å². The van der Waals surface area contributed by atoms with Crippen molar-refractivity contribution >= 4 is 144 Å². The van der Waals surface area contributed by atoms with Crippen LogP contribution in [0.15, 0.2) is 139 Å². The maximum atomic E-state index is 15.5. The van der Waals surface area contributed by atoms with Gasteiger partial charge in [-0.05, 0) is 185 Å². The molecule has 12 heterocycles. The second kappa shape index (κ2) is 43.9. The number of halogens is 4. The monoisotopic (exact) mass is 2060 g/mol. The SMILES string of the molecule is C1CCC2=NCCCN2CC1.CC(C)(C)OC(=O)C[C@H]1CCCCCC(F)(F)C[C@@H]2C[C@@]2(C(=O)NS(=O)(=O)C2CC2)CC(=O)[C@@H]2C[C@@H](Oc3nc4ccccc4nc3-c3nc4ccccc4s3)CN2C1=O.CC(C)(C)OC(=O)C[C@H]1CCCCCC(F)(F)C[C@@H]2C[C@@]2(C(=O)O)CC(=O)[C@@H]2C[C@@H](Oc3nc4ccccc4nc3-c3nc4ccccc4s3)CN2C1=O.NS(=O)(=O)C1CC1.O=C(n1ccnc1)n1ccnc1. The van der Waals surface area contributed by atoms with E-state index in [1.807, 2.05) is 84.9 Å². The van der Waals surface area contributed by atoms with Crippen LogP contribution in [0.5, 0.6) is 11.8 Å². The first-order valence-electron chi connectivity index (χ1n) is 49.5. The van der Waals surface area contributed by atoms with Crippen molar-refractivity contribution in [2.24, 2.45) is 44.6 Å². The summed E-state index contributed by atoms with van der Waals surface area (Å²) in [6.07, 6.45) is 14.8. The van der Waals surface area contributed by atoms with Crippen LogP contribution < -0.4 is 19.3 Å². The van der Waals surface area contributed by atoms with E-state index < -0.39 is 193 Å². The number of rotatable bonds is 15. The standard InChI is InChI=1S/C43H49F2N5O8S2.C40H44F2N4O7S.C9H16N2.C7H6N4O.C3H7NO2S/c1-41(2,3)58-35(52)19-25-11-5-4-10-18-43(44,45)22-26-21-42(26,40(54)49-60(55,56)28-16-17-28)23-33(51)32-20-27(24-50(32)39(25)53)57-37-36(46-29-12-6-7-13-30(29)47-37)38-48-31-14-8-9-15-34(31)59-38;1-38(2,3)53-32(48)17-23-11-5-4-10-16-40(41,42)20-24-19-39(24,37(50)51)21-30(47)29-18-25(22-46(29)36(23)49)52-34-33(43-26-12-6-7-13-27(26)44-34)35-45-28-14-8-9-15-31(28)54-35;1-2-5-9-10-6-4-8-11(9)7-3-1;12-7(10-3-1-8-5-10)11-4-2-9-6-11;4-7(5,6)3-1-2-3/h6-9,12-15,25-28,32H,4-5,10-11,16-24H2,1-3H3,(H,49,54);6-9,12-15,23-25,29H,4-5,10-11,16-22H2,1-3H3,(H,50,51);1-8H2;1-6H;3H,1-2H2,(H2,4,5,6)/t25-,26+,27-,32+,42-;23-,24+,25-,29+,39-;;;/m11.../s1. The molecule has 3 amide bonds. The molecule has 9 fully saturated rings. The smallest absolute Gasteiger partial charge is 0.338 e. The van der Waals surface area contributed by atoms with E-state index in [9.17, 15) is 65.1 Å². The van der Waals surface area contributed by atoms with Crippen LogP contribution in [0.2, 0.25) is 0 Å². The van der Waals surface area contributed by atoms with Gasteiger partial charge in [0.05, 0.1) is 108 Å². The number of nitrogens with zero attached hydrogens (tertiary/aromatic N) is 14. The van der Waals surface area contributed by atoms with Gasteiger partial charge in [0.2, 0.25) is 61.4 Å². The lowest BCUT2D eigenvalue weighted by atomic mass is 9.89. The van der Waals surface area contributed by atoms with Crippen LogP contribution in [-0.2, 0) is 67.9 Å². The summed E-state index contributed by atoms with van der Waals surface area (Å²) < 4.78 is 138. The Bertz CT molecular complexity index is 6570. The number of carboxylic acid groups (broad SMARTS) is 1. The topological polar surface area (TPSA) is 452 Å². The Hall–Kier alpha value is -11.8. The number of aromatic nitrogens is 10. The van der Waals surface area contributed by atoms with Crippen molar-refractivity contribution in [1.29, 1.82) is 0 Å². The number of carboxylic acids is 1. The van der Waals surface area contributed by atoms with E-state index in [1.54, 1.807) is 78.5 Å². The molecule has 4 aliphatic carbocycles. The highest BCUT2D eigenvalue weighted by molar-refractivity contribution is 7.91. The Morgan fingerprint density at radius 1 is 0.514 bits per heavy atom. The maximum absolute atomic E-state index is 15.5. The van der Waals surface area contributed by atoms with E-state index >= 15 is 17.6 Å². The maximum Gasteiger partial charge on any atom is 0.338 e.